The van der Waals surface area contributed by atoms with Crippen LogP contribution >= 0.6 is 0 Å². The van der Waals surface area contributed by atoms with Gasteiger partial charge in [-0.25, -0.2) is 0 Å². The molecule has 3 heterocycles. The van der Waals surface area contributed by atoms with Gasteiger partial charge in [-0.05, 0) is 43.4 Å². The molecule has 2 saturated heterocycles. The number of nitrogens with zero attached hydrogens (tertiary/aromatic N) is 4. The lowest BCUT2D eigenvalue weighted by molar-refractivity contribution is -0.145. The fourth-order valence-corrected chi connectivity index (χ4v) is 6.56. The Kier molecular flexibility index (Phi) is 11.3. The van der Waals surface area contributed by atoms with Gasteiger partial charge in [0.15, 0.2) is 0 Å². The molecule has 0 aromatic heterocycles. The third-order valence-corrected chi connectivity index (χ3v) is 9.11. The molecular weight excluding hydrogens is 616 g/mol. The van der Waals surface area contributed by atoms with Gasteiger partial charge in [0, 0.05) is 46.7 Å². The van der Waals surface area contributed by atoms with E-state index in [2.05, 4.69) is 10.6 Å². The summed E-state index contributed by atoms with van der Waals surface area (Å²) in [4.78, 5) is 86.5. The summed E-state index contributed by atoms with van der Waals surface area (Å²) in [7, 11) is 1.53. The first kappa shape index (κ1) is 34.4. The van der Waals surface area contributed by atoms with Gasteiger partial charge in [-0.2, -0.15) is 0 Å². The highest BCUT2D eigenvalue weighted by molar-refractivity contribution is 6.01. The van der Waals surface area contributed by atoms with Crippen molar-refractivity contribution >= 4 is 35.4 Å². The van der Waals surface area contributed by atoms with Crippen molar-refractivity contribution in [3.63, 3.8) is 0 Å². The second-order valence-corrected chi connectivity index (χ2v) is 12.6. The van der Waals surface area contributed by atoms with Crippen LogP contribution in [-0.4, -0.2) is 126 Å². The molecule has 0 spiro atoms. The van der Waals surface area contributed by atoms with Gasteiger partial charge in [0.25, 0.3) is 5.91 Å². The molecule has 0 radical (unpaired) electrons. The van der Waals surface area contributed by atoms with E-state index in [4.69, 9.17) is 4.74 Å². The largest absolute Gasteiger partial charge is 0.491 e. The molecule has 0 bridgehead atoms. The summed E-state index contributed by atoms with van der Waals surface area (Å²) in [6, 6.07) is 13.7. The quantitative estimate of drug-likeness (QED) is 0.496. The zero-order valence-electron chi connectivity index (χ0n) is 27.6. The molecule has 2 aromatic rings. The number of ether oxygens (including phenoxy) is 1. The molecule has 0 saturated carbocycles. The number of fused-ring (bicyclic) bond motifs is 2. The van der Waals surface area contributed by atoms with Crippen LogP contribution in [0.4, 0.5) is 0 Å². The van der Waals surface area contributed by atoms with Gasteiger partial charge in [0.05, 0.1) is 24.6 Å². The Morgan fingerprint density at radius 3 is 2.33 bits per heavy atom. The Morgan fingerprint density at radius 2 is 1.56 bits per heavy atom. The van der Waals surface area contributed by atoms with Crippen LogP contribution in [0.5, 0.6) is 5.75 Å². The van der Waals surface area contributed by atoms with E-state index in [0.717, 1.165) is 5.56 Å². The number of rotatable bonds is 3. The number of amides is 6. The monoisotopic (exact) mass is 660 g/mol. The Balaban J connectivity index is 1.45. The van der Waals surface area contributed by atoms with Crippen LogP contribution in [0.1, 0.15) is 48.5 Å². The minimum Gasteiger partial charge on any atom is -0.491 e. The minimum absolute atomic E-state index is 0.0280. The van der Waals surface area contributed by atoms with Gasteiger partial charge < -0.3 is 35.0 Å². The van der Waals surface area contributed by atoms with Crippen LogP contribution in [0, 0.1) is 0 Å². The zero-order chi connectivity index (χ0) is 34.2. The van der Waals surface area contributed by atoms with Crippen LogP contribution in [0.25, 0.3) is 0 Å². The van der Waals surface area contributed by atoms with Crippen molar-refractivity contribution < 1.29 is 33.5 Å². The first-order valence-electron chi connectivity index (χ1n) is 16.6. The van der Waals surface area contributed by atoms with E-state index >= 15 is 0 Å². The Labute approximate surface area is 280 Å². The van der Waals surface area contributed by atoms with Crippen LogP contribution in [0.15, 0.2) is 54.6 Å². The molecule has 5 rings (SSSR count). The summed E-state index contributed by atoms with van der Waals surface area (Å²) in [6.45, 7) is 3.09. The molecule has 0 aliphatic carbocycles. The summed E-state index contributed by atoms with van der Waals surface area (Å²) in [6.07, 6.45) is 1.66. The molecule has 3 aliphatic heterocycles. The molecule has 3 atom stereocenters. The normalized spacial score (nSPS) is 23.2. The van der Waals surface area contributed by atoms with Gasteiger partial charge in [0.2, 0.25) is 29.5 Å². The predicted molar refractivity (Wildman–Crippen MR) is 176 cm³/mol. The Bertz CT molecular complexity index is 1520. The number of hydrogen-bond donors (Lipinski definition) is 2. The van der Waals surface area contributed by atoms with Crippen molar-refractivity contribution in [3.05, 3.63) is 65.7 Å². The van der Waals surface area contributed by atoms with Crippen LogP contribution in [-0.2, 0) is 30.4 Å². The smallest absolute Gasteiger partial charge is 0.255 e. The Hall–Kier alpha value is -4.94. The molecule has 48 heavy (non-hydrogen) atoms. The molecule has 2 fully saturated rings. The number of hydrogen-bond acceptors (Lipinski definition) is 7. The molecule has 6 amide bonds. The highest BCUT2D eigenvalue weighted by atomic mass is 16.5. The number of nitrogens with one attached hydrogen (secondary N) is 2. The predicted octanol–water partition coefficient (Wildman–Crippen LogP) is 0.825. The second-order valence-electron chi connectivity index (χ2n) is 12.6. The first-order chi connectivity index (χ1) is 23.1. The summed E-state index contributed by atoms with van der Waals surface area (Å²) >= 11 is 0. The summed E-state index contributed by atoms with van der Waals surface area (Å²) in [5.41, 5.74) is 1.14. The number of carbonyl (C=O) groups is 6. The summed E-state index contributed by atoms with van der Waals surface area (Å²) in [5.74, 6) is -2.06. The number of carbonyl (C=O) groups excluding carboxylic acids is 6. The van der Waals surface area contributed by atoms with Crippen LogP contribution < -0.4 is 15.4 Å². The molecule has 256 valence electrons. The average Bonchev–Trinajstić information content (AvgIpc) is 3.43. The lowest BCUT2D eigenvalue weighted by atomic mass is 10.1. The maximum atomic E-state index is 14.0. The van der Waals surface area contributed by atoms with Crippen molar-refractivity contribution in [2.75, 3.05) is 52.9 Å². The Morgan fingerprint density at radius 1 is 0.854 bits per heavy atom. The fourth-order valence-electron chi connectivity index (χ4n) is 6.56. The van der Waals surface area contributed by atoms with Crippen molar-refractivity contribution in [3.8, 4) is 5.75 Å². The van der Waals surface area contributed by atoms with E-state index in [-0.39, 0.29) is 55.2 Å². The van der Waals surface area contributed by atoms with Crippen LogP contribution in [0.2, 0.25) is 0 Å². The van der Waals surface area contributed by atoms with Crippen molar-refractivity contribution in [1.82, 2.24) is 30.2 Å². The van der Waals surface area contributed by atoms with Crippen molar-refractivity contribution in [2.45, 2.75) is 57.2 Å². The highest BCUT2D eigenvalue weighted by Gasteiger charge is 2.39. The number of para-hydroxylation sites is 1. The number of benzene rings is 2. The third-order valence-electron chi connectivity index (χ3n) is 9.11. The first-order valence-corrected chi connectivity index (χ1v) is 16.6. The maximum Gasteiger partial charge on any atom is 0.255 e. The standard InChI is InChI=1S/C35H44N6O7/c1-24(42)39-15-9-16-40(19-18-39)34(46)28-21-32(44)41-17-8-13-29(41)35(47)38(2)22-31(43)36-26(20-25-10-4-3-5-11-25)23-48-30-14-7-6-12-27(30)33(45)37-28/h3-7,10-12,14,26,28-29H,8-9,13,15-23H2,1-2H3,(H,36,43)(H,37,45)/t26-,28+,29+/m1/s1. The van der Waals surface area contributed by atoms with E-state index in [1.165, 1.54) is 23.8 Å². The van der Waals surface area contributed by atoms with Gasteiger partial charge >= 0.3 is 0 Å². The maximum absolute atomic E-state index is 14.0. The molecule has 2 aromatic carbocycles. The third kappa shape index (κ3) is 8.50. The molecule has 13 heteroatoms. The topological polar surface area (TPSA) is 149 Å². The lowest BCUT2D eigenvalue weighted by Gasteiger charge is -2.31. The molecule has 3 aliphatic rings. The summed E-state index contributed by atoms with van der Waals surface area (Å²) < 4.78 is 6.15. The lowest BCUT2D eigenvalue weighted by Crippen LogP contribution is -2.53. The van der Waals surface area contributed by atoms with Gasteiger partial charge in [-0.1, -0.05) is 42.5 Å². The van der Waals surface area contributed by atoms with Gasteiger partial charge in [-0.15, -0.1) is 0 Å². The van der Waals surface area contributed by atoms with E-state index in [0.29, 0.717) is 51.9 Å². The molecule has 0 unspecified atom stereocenters. The van der Waals surface area contributed by atoms with E-state index in [9.17, 15) is 28.8 Å². The fraction of sp³-hybridized carbons (Fsp3) is 0.486. The van der Waals surface area contributed by atoms with Crippen molar-refractivity contribution in [2.24, 2.45) is 0 Å². The average molecular weight is 661 g/mol. The number of likely N-dealkylation sites (N-methyl/N-ethyl adjacent to an activating group) is 1. The minimum atomic E-state index is -1.22. The van der Waals surface area contributed by atoms with Gasteiger partial charge in [-0.3, -0.25) is 28.8 Å². The van der Waals surface area contributed by atoms with E-state index in [1.807, 2.05) is 30.3 Å². The van der Waals surface area contributed by atoms with E-state index < -0.39 is 35.8 Å². The summed E-state index contributed by atoms with van der Waals surface area (Å²) in [5, 5.41) is 5.78. The van der Waals surface area contributed by atoms with Gasteiger partial charge in [0.1, 0.15) is 24.4 Å². The van der Waals surface area contributed by atoms with Crippen molar-refractivity contribution in [1.29, 1.82) is 0 Å². The SMILES string of the molecule is CC(=O)N1CCCN(C(=O)[C@@H]2CC(=O)N3CCC[C@H]3C(=O)N(C)CC(=O)N[C@H](Cc3ccccc3)COc3ccccc3C(=O)N2)CC1. The molecule has 2 N–H and O–H groups in total. The van der Waals surface area contributed by atoms with E-state index in [1.54, 1.807) is 34.1 Å². The van der Waals surface area contributed by atoms with Crippen LogP contribution in [0.3, 0.4) is 0 Å². The molecule has 13 nitrogen and oxygen atoms in total. The zero-order valence-corrected chi connectivity index (χ0v) is 27.6. The second kappa shape index (κ2) is 15.8. The highest BCUT2D eigenvalue weighted by Crippen LogP contribution is 2.23. The molecular formula is C35H44N6O7.